The molecule has 0 aliphatic carbocycles. The quantitative estimate of drug-likeness (QED) is 0.742. The van der Waals surface area contributed by atoms with Gasteiger partial charge in [-0.15, -0.1) is 0 Å². The minimum absolute atomic E-state index is 0.636. The van der Waals surface area contributed by atoms with E-state index in [1.807, 2.05) is 12.3 Å². The van der Waals surface area contributed by atoms with E-state index in [1.54, 1.807) is 6.20 Å². The molecule has 56 valence electrons. The fourth-order valence-corrected chi connectivity index (χ4v) is 1.52. The van der Waals surface area contributed by atoms with Crippen molar-refractivity contribution in [3.05, 3.63) is 28.0 Å². The van der Waals surface area contributed by atoms with E-state index < -0.39 is 0 Å². The van der Waals surface area contributed by atoms with Crippen molar-refractivity contribution >= 4 is 38.6 Å². The van der Waals surface area contributed by atoms with E-state index in [4.69, 9.17) is 11.6 Å². The Balaban J connectivity index is 2.93. The second-order valence-corrected chi connectivity index (χ2v) is 3.36. The van der Waals surface area contributed by atoms with Crippen molar-refractivity contribution in [1.82, 2.24) is 9.97 Å². The molecule has 2 nitrogen and oxygen atoms in total. The highest BCUT2D eigenvalue weighted by Gasteiger charge is 2.03. The van der Waals surface area contributed by atoms with Crippen molar-refractivity contribution in [2.45, 2.75) is 0 Å². The fourth-order valence-electron chi connectivity index (χ4n) is 0.951. The largest absolute Gasteiger partial charge is 0.346 e. The number of aromatic amines is 1. The summed E-state index contributed by atoms with van der Waals surface area (Å²) in [6.45, 7) is 0. The normalized spacial score (nSPS) is 10.7. The summed E-state index contributed by atoms with van der Waals surface area (Å²) in [7, 11) is 0. The number of halogens is 2. The summed E-state index contributed by atoms with van der Waals surface area (Å²) < 4.78 is 0.894. The van der Waals surface area contributed by atoms with Gasteiger partial charge in [-0.3, -0.25) is 0 Å². The number of hydrogen-bond donors (Lipinski definition) is 1. The molecule has 0 aliphatic heterocycles. The van der Waals surface area contributed by atoms with Crippen LogP contribution >= 0.6 is 27.5 Å². The summed E-state index contributed by atoms with van der Waals surface area (Å²) in [5.74, 6) is 0. The maximum atomic E-state index is 5.82. The monoisotopic (exact) mass is 230 g/mol. The molecule has 0 bridgehead atoms. The third-order valence-electron chi connectivity index (χ3n) is 1.48. The van der Waals surface area contributed by atoms with E-state index in [0.717, 1.165) is 15.5 Å². The molecular weight excluding hydrogens is 227 g/mol. The highest BCUT2D eigenvalue weighted by Crippen LogP contribution is 2.28. The molecule has 0 atom stereocenters. The first-order valence-corrected chi connectivity index (χ1v) is 4.23. The Labute approximate surface area is 76.7 Å². The van der Waals surface area contributed by atoms with E-state index in [-0.39, 0.29) is 0 Å². The molecule has 2 aromatic heterocycles. The van der Waals surface area contributed by atoms with E-state index in [1.165, 1.54) is 0 Å². The lowest BCUT2D eigenvalue weighted by atomic mass is 10.3. The molecule has 0 fully saturated rings. The van der Waals surface area contributed by atoms with Crippen LogP contribution in [0, 0.1) is 0 Å². The average Bonchev–Trinajstić information content (AvgIpc) is 2.45. The van der Waals surface area contributed by atoms with Gasteiger partial charge in [-0.2, -0.15) is 0 Å². The first-order valence-electron chi connectivity index (χ1n) is 3.06. The van der Waals surface area contributed by atoms with Gasteiger partial charge in [-0.05, 0) is 22.0 Å². The van der Waals surface area contributed by atoms with Crippen LogP contribution in [0.4, 0.5) is 0 Å². The van der Waals surface area contributed by atoms with Gasteiger partial charge < -0.3 is 4.98 Å². The molecule has 2 rings (SSSR count). The summed E-state index contributed by atoms with van der Waals surface area (Å²) in [6.07, 6.45) is 3.45. The Morgan fingerprint density at radius 2 is 2.36 bits per heavy atom. The summed E-state index contributed by atoms with van der Waals surface area (Å²) in [4.78, 5) is 7.07. The lowest BCUT2D eigenvalue weighted by molar-refractivity contribution is 1.32. The van der Waals surface area contributed by atoms with Crippen molar-refractivity contribution in [3.8, 4) is 0 Å². The highest BCUT2D eigenvalue weighted by atomic mass is 79.9. The summed E-state index contributed by atoms with van der Waals surface area (Å²) in [6, 6.07) is 1.93. The van der Waals surface area contributed by atoms with Crippen LogP contribution in [0.15, 0.2) is 22.9 Å². The molecule has 0 radical (unpaired) electrons. The number of nitrogens with zero attached hydrogens (tertiary/aromatic N) is 1. The molecule has 2 aromatic rings. The van der Waals surface area contributed by atoms with Gasteiger partial charge >= 0.3 is 0 Å². The first-order chi connectivity index (χ1) is 5.29. The maximum Gasteiger partial charge on any atom is 0.138 e. The van der Waals surface area contributed by atoms with Gasteiger partial charge in [0.1, 0.15) is 5.65 Å². The van der Waals surface area contributed by atoms with Crippen molar-refractivity contribution in [3.63, 3.8) is 0 Å². The molecule has 0 spiro atoms. The molecule has 0 amide bonds. The van der Waals surface area contributed by atoms with Crippen LogP contribution in [-0.4, -0.2) is 9.97 Å². The average molecular weight is 231 g/mol. The van der Waals surface area contributed by atoms with Crippen LogP contribution in [0.2, 0.25) is 5.02 Å². The van der Waals surface area contributed by atoms with Crippen LogP contribution in [0.25, 0.3) is 11.0 Å². The molecule has 0 unspecified atom stereocenters. The van der Waals surface area contributed by atoms with Gasteiger partial charge in [0.25, 0.3) is 0 Å². The van der Waals surface area contributed by atoms with Crippen molar-refractivity contribution < 1.29 is 0 Å². The zero-order chi connectivity index (χ0) is 7.84. The Bertz CT molecular complexity index is 396. The van der Waals surface area contributed by atoms with E-state index >= 15 is 0 Å². The maximum absolute atomic E-state index is 5.82. The van der Waals surface area contributed by atoms with Gasteiger partial charge in [0.05, 0.1) is 5.02 Å². The predicted octanol–water partition coefficient (Wildman–Crippen LogP) is 2.98. The zero-order valence-electron chi connectivity index (χ0n) is 5.44. The standard InChI is InChI=1S/C7H4BrClN2/c8-6-4-1-2-10-7(4)11-3-5(6)9/h1-3H,(H,10,11). The Hall–Kier alpha value is -0.540. The predicted molar refractivity (Wildman–Crippen MR) is 48.8 cm³/mol. The van der Waals surface area contributed by atoms with Crippen LogP contribution in [0.5, 0.6) is 0 Å². The molecule has 4 heteroatoms. The van der Waals surface area contributed by atoms with Gasteiger partial charge in [-0.1, -0.05) is 11.6 Å². The minimum Gasteiger partial charge on any atom is -0.346 e. The van der Waals surface area contributed by atoms with Crippen molar-refractivity contribution in [2.24, 2.45) is 0 Å². The van der Waals surface area contributed by atoms with Crippen LogP contribution in [0.1, 0.15) is 0 Å². The van der Waals surface area contributed by atoms with Crippen LogP contribution in [-0.2, 0) is 0 Å². The lowest BCUT2D eigenvalue weighted by Gasteiger charge is -1.94. The van der Waals surface area contributed by atoms with Crippen molar-refractivity contribution in [1.29, 1.82) is 0 Å². The minimum atomic E-state index is 0.636. The molecular formula is C7H4BrClN2. The van der Waals surface area contributed by atoms with E-state index in [9.17, 15) is 0 Å². The molecule has 0 aromatic carbocycles. The number of pyridine rings is 1. The van der Waals surface area contributed by atoms with E-state index in [0.29, 0.717) is 5.02 Å². The number of fused-ring (bicyclic) bond motifs is 1. The Kier molecular flexibility index (Phi) is 1.62. The second-order valence-electron chi connectivity index (χ2n) is 2.16. The van der Waals surface area contributed by atoms with Crippen molar-refractivity contribution in [2.75, 3.05) is 0 Å². The Morgan fingerprint density at radius 1 is 1.55 bits per heavy atom. The summed E-state index contributed by atoms with van der Waals surface area (Å²) >= 11 is 9.19. The third-order valence-corrected chi connectivity index (χ3v) is 2.85. The van der Waals surface area contributed by atoms with Crippen LogP contribution < -0.4 is 0 Å². The van der Waals surface area contributed by atoms with Gasteiger partial charge in [0.2, 0.25) is 0 Å². The topological polar surface area (TPSA) is 28.7 Å². The number of nitrogens with one attached hydrogen (secondary N) is 1. The molecule has 2 heterocycles. The van der Waals surface area contributed by atoms with Gasteiger partial charge in [0.15, 0.2) is 0 Å². The zero-order valence-corrected chi connectivity index (χ0v) is 7.78. The Morgan fingerprint density at radius 3 is 3.18 bits per heavy atom. The van der Waals surface area contributed by atoms with Gasteiger partial charge in [-0.25, -0.2) is 4.98 Å². The molecule has 1 N–H and O–H groups in total. The smallest absolute Gasteiger partial charge is 0.138 e. The third kappa shape index (κ3) is 1.04. The second kappa shape index (κ2) is 2.50. The number of H-pyrrole nitrogens is 1. The fraction of sp³-hybridized carbons (Fsp3) is 0. The van der Waals surface area contributed by atoms with Gasteiger partial charge in [0, 0.05) is 22.3 Å². The number of hydrogen-bond acceptors (Lipinski definition) is 1. The SMILES string of the molecule is Clc1cnc2[nH]ccc2c1Br. The number of aromatic nitrogens is 2. The molecule has 0 saturated heterocycles. The molecule has 11 heavy (non-hydrogen) atoms. The lowest BCUT2D eigenvalue weighted by Crippen LogP contribution is -1.77. The number of rotatable bonds is 0. The summed E-state index contributed by atoms with van der Waals surface area (Å²) in [5, 5.41) is 1.65. The molecule has 0 aliphatic rings. The highest BCUT2D eigenvalue weighted by molar-refractivity contribution is 9.10. The molecule has 0 saturated carbocycles. The van der Waals surface area contributed by atoms with Crippen LogP contribution in [0.3, 0.4) is 0 Å². The van der Waals surface area contributed by atoms with E-state index in [2.05, 4.69) is 25.9 Å². The summed E-state index contributed by atoms with van der Waals surface area (Å²) in [5.41, 5.74) is 0.848. The first kappa shape index (κ1) is 7.13.